The van der Waals surface area contributed by atoms with Crippen LogP contribution in [0.5, 0.6) is 0 Å². The van der Waals surface area contributed by atoms with Crippen molar-refractivity contribution in [1.82, 2.24) is 4.98 Å². The second-order valence-electron chi connectivity index (χ2n) is 5.15. The largest absolute Gasteiger partial charge is 0.348 e. The van der Waals surface area contributed by atoms with Gasteiger partial charge in [-0.1, -0.05) is 44.2 Å². The summed E-state index contributed by atoms with van der Waals surface area (Å²) in [5.41, 5.74) is 2.02. The zero-order chi connectivity index (χ0) is 16.2. The normalized spacial score (nSPS) is 15.4. The number of aromatic nitrogens is 1. The molecule has 0 saturated carbocycles. The number of ether oxygens (including phenoxy) is 2. The number of hydrogen-bond donors (Lipinski definition) is 0. The Hall–Kier alpha value is -1.49. The van der Waals surface area contributed by atoms with Crippen molar-refractivity contribution >= 4 is 37.6 Å². The Morgan fingerprint density at radius 1 is 0.957 bits per heavy atom. The van der Waals surface area contributed by atoms with Crippen molar-refractivity contribution < 1.29 is 9.47 Å². The monoisotopic (exact) mass is 373 g/mol. The second kappa shape index (κ2) is 7.39. The van der Waals surface area contributed by atoms with Gasteiger partial charge in [0.05, 0.1) is 18.7 Å². The van der Waals surface area contributed by atoms with Crippen LogP contribution in [0.25, 0.3) is 21.7 Å². The molecule has 23 heavy (non-hydrogen) atoms. The average Bonchev–Trinajstić information content (AvgIpc) is 2.64. The van der Waals surface area contributed by atoms with Gasteiger partial charge < -0.3 is 9.47 Å². The van der Waals surface area contributed by atoms with Gasteiger partial charge in [0.1, 0.15) is 4.60 Å². The number of hydrogen-bond acceptors (Lipinski definition) is 3. The highest BCUT2D eigenvalue weighted by Gasteiger charge is 2.17. The van der Waals surface area contributed by atoms with Crippen molar-refractivity contribution in [1.29, 1.82) is 0 Å². The quantitative estimate of drug-likeness (QED) is 0.410. The van der Waals surface area contributed by atoms with Gasteiger partial charge in [-0.2, -0.15) is 0 Å². The van der Waals surface area contributed by atoms with Gasteiger partial charge in [0.15, 0.2) is 6.29 Å². The molecule has 3 aromatic rings. The molecular formula is C19H20BrNO2. The van der Waals surface area contributed by atoms with Crippen LogP contribution in [0.1, 0.15) is 32.1 Å². The van der Waals surface area contributed by atoms with Gasteiger partial charge in [0.2, 0.25) is 0 Å². The SMILES string of the molecule is Brc1nc2ccc(C3OCCCO3)cc2c2ccccc12.CC. The first kappa shape index (κ1) is 16.4. The minimum atomic E-state index is -0.259. The van der Waals surface area contributed by atoms with E-state index in [1.807, 2.05) is 32.0 Å². The van der Waals surface area contributed by atoms with Gasteiger partial charge in [-0.05, 0) is 39.9 Å². The van der Waals surface area contributed by atoms with Gasteiger partial charge in [0, 0.05) is 16.3 Å². The van der Waals surface area contributed by atoms with Gasteiger partial charge in [-0.25, -0.2) is 4.98 Å². The Kier molecular flexibility index (Phi) is 5.26. The molecule has 120 valence electrons. The lowest BCUT2D eigenvalue weighted by molar-refractivity contribution is -0.182. The zero-order valence-corrected chi connectivity index (χ0v) is 15.0. The Labute approximate surface area is 144 Å². The number of benzene rings is 2. The van der Waals surface area contributed by atoms with E-state index in [1.54, 1.807) is 0 Å². The first-order valence-corrected chi connectivity index (χ1v) is 8.83. The summed E-state index contributed by atoms with van der Waals surface area (Å²) in [6.45, 7) is 5.50. The first-order chi connectivity index (χ1) is 11.3. The molecule has 0 unspecified atom stereocenters. The minimum Gasteiger partial charge on any atom is -0.348 e. The highest BCUT2D eigenvalue weighted by Crippen LogP contribution is 2.32. The molecule has 0 aliphatic carbocycles. The molecule has 4 heteroatoms. The summed E-state index contributed by atoms with van der Waals surface area (Å²) in [4.78, 5) is 4.63. The summed E-state index contributed by atoms with van der Waals surface area (Å²) < 4.78 is 12.3. The van der Waals surface area contributed by atoms with E-state index in [1.165, 1.54) is 5.39 Å². The van der Waals surface area contributed by atoms with E-state index < -0.39 is 0 Å². The van der Waals surface area contributed by atoms with Gasteiger partial charge in [0.25, 0.3) is 0 Å². The molecule has 1 aromatic heterocycles. The first-order valence-electron chi connectivity index (χ1n) is 8.04. The Bertz CT molecular complexity index is 813. The topological polar surface area (TPSA) is 31.4 Å². The zero-order valence-electron chi connectivity index (χ0n) is 13.4. The summed E-state index contributed by atoms with van der Waals surface area (Å²) in [5, 5.41) is 3.43. The minimum absolute atomic E-state index is 0.259. The van der Waals surface area contributed by atoms with E-state index in [-0.39, 0.29) is 6.29 Å². The molecule has 4 rings (SSSR count). The van der Waals surface area contributed by atoms with Gasteiger partial charge in [-0.3, -0.25) is 0 Å². The molecule has 1 aliphatic heterocycles. The molecule has 0 radical (unpaired) electrons. The molecule has 0 spiro atoms. The second-order valence-corrected chi connectivity index (χ2v) is 5.90. The molecular weight excluding hydrogens is 354 g/mol. The van der Waals surface area contributed by atoms with E-state index in [0.717, 1.165) is 46.1 Å². The van der Waals surface area contributed by atoms with Crippen molar-refractivity contribution in [2.45, 2.75) is 26.6 Å². The number of halogens is 1. The van der Waals surface area contributed by atoms with Crippen molar-refractivity contribution in [2.75, 3.05) is 13.2 Å². The molecule has 1 saturated heterocycles. The molecule has 0 bridgehead atoms. The highest BCUT2D eigenvalue weighted by atomic mass is 79.9. The van der Waals surface area contributed by atoms with Crippen LogP contribution in [0.2, 0.25) is 0 Å². The molecule has 2 heterocycles. The van der Waals surface area contributed by atoms with Crippen LogP contribution in [-0.4, -0.2) is 18.2 Å². The summed E-state index contributed by atoms with van der Waals surface area (Å²) >= 11 is 3.55. The summed E-state index contributed by atoms with van der Waals surface area (Å²) in [6, 6.07) is 14.5. The molecule has 3 nitrogen and oxygen atoms in total. The van der Waals surface area contributed by atoms with Crippen LogP contribution in [0, 0.1) is 0 Å². The fraction of sp³-hybridized carbons (Fsp3) is 0.316. The van der Waals surface area contributed by atoms with E-state index in [4.69, 9.17) is 9.47 Å². The van der Waals surface area contributed by atoms with E-state index >= 15 is 0 Å². The molecule has 2 aromatic carbocycles. The predicted molar refractivity (Wildman–Crippen MR) is 97.6 cm³/mol. The van der Waals surface area contributed by atoms with Crippen LogP contribution in [0.3, 0.4) is 0 Å². The Morgan fingerprint density at radius 2 is 1.65 bits per heavy atom. The fourth-order valence-electron chi connectivity index (χ4n) is 2.76. The van der Waals surface area contributed by atoms with Crippen LogP contribution < -0.4 is 0 Å². The lowest BCUT2D eigenvalue weighted by Crippen LogP contribution is -2.17. The van der Waals surface area contributed by atoms with Gasteiger partial charge in [-0.15, -0.1) is 0 Å². The predicted octanol–water partition coefficient (Wildman–Crippen LogP) is 5.61. The van der Waals surface area contributed by atoms with Crippen LogP contribution in [0.15, 0.2) is 47.1 Å². The molecule has 1 fully saturated rings. The van der Waals surface area contributed by atoms with Crippen molar-refractivity contribution in [2.24, 2.45) is 0 Å². The summed E-state index contributed by atoms with van der Waals surface area (Å²) in [6.07, 6.45) is 0.701. The Balaban J connectivity index is 0.000000753. The van der Waals surface area contributed by atoms with E-state index in [0.29, 0.717) is 0 Å². The summed E-state index contributed by atoms with van der Waals surface area (Å²) in [5.74, 6) is 0. The molecule has 0 amide bonds. The third kappa shape index (κ3) is 3.25. The molecule has 0 atom stereocenters. The Morgan fingerprint density at radius 3 is 2.39 bits per heavy atom. The van der Waals surface area contributed by atoms with E-state index in [2.05, 4.69) is 45.2 Å². The van der Waals surface area contributed by atoms with Crippen LogP contribution >= 0.6 is 15.9 Å². The third-order valence-electron chi connectivity index (χ3n) is 3.78. The number of rotatable bonds is 1. The number of fused-ring (bicyclic) bond motifs is 3. The maximum atomic E-state index is 5.70. The van der Waals surface area contributed by atoms with Crippen molar-refractivity contribution in [3.63, 3.8) is 0 Å². The van der Waals surface area contributed by atoms with Crippen LogP contribution in [0.4, 0.5) is 0 Å². The van der Waals surface area contributed by atoms with Gasteiger partial charge >= 0.3 is 0 Å². The maximum Gasteiger partial charge on any atom is 0.183 e. The fourth-order valence-corrected chi connectivity index (χ4v) is 3.29. The molecule has 0 N–H and O–H groups in total. The number of pyridine rings is 1. The van der Waals surface area contributed by atoms with Crippen molar-refractivity contribution in [3.8, 4) is 0 Å². The van der Waals surface area contributed by atoms with Crippen LogP contribution in [-0.2, 0) is 9.47 Å². The van der Waals surface area contributed by atoms with E-state index in [9.17, 15) is 0 Å². The lowest BCUT2D eigenvalue weighted by Gasteiger charge is -2.23. The number of nitrogens with zero attached hydrogens (tertiary/aromatic N) is 1. The van der Waals surface area contributed by atoms with Crippen molar-refractivity contribution in [3.05, 3.63) is 52.6 Å². The standard InChI is InChI=1S/C17H14BrNO2.C2H6/c18-16-13-5-2-1-4-12(13)14-10-11(6-7-15(14)19-16)17-20-8-3-9-21-17;1-2/h1-2,4-7,10,17H,3,8-9H2;1-2H3. The highest BCUT2D eigenvalue weighted by molar-refractivity contribution is 9.10. The smallest absolute Gasteiger partial charge is 0.183 e. The third-order valence-corrected chi connectivity index (χ3v) is 4.38. The average molecular weight is 374 g/mol. The molecule has 1 aliphatic rings. The lowest BCUT2D eigenvalue weighted by atomic mass is 10.0. The maximum absolute atomic E-state index is 5.70. The summed E-state index contributed by atoms with van der Waals surface area (Å²) in [7, 11) is 0.